The molecule has 2 heterocycles. The van der Waals surface area contributed by atoms with Crippen LogP contribution in [0.1, 0.15) is 21.9 Å². The van der Waals surface area contributed by atoms with Crippen molar-refractivity contribution < 1.29 is 4.79 Å². The van der Waals surface area contributed by atoms with Gasteiger partial charge in [-0.1, -0.05) is 23.2 Å². The second-order valence-electron chi connectivity index (χ2n) is 5.51. The number of aromatic nitrogens is 3. The molecule has 0 aliphatic rings. The minimum Gasteiger partial charge on any atom is -0.366 e. The molecule has 0 aliphatic carbocycles. The lowest BCUT2D eigenvalue weighted by Crippen LogP contribution is -2.16. The Morgan fingerprint density at radius 2 is 1.73 bits per heavy atom. The summed E-state index contributed by atoms with van der Waals surface area (Å²) in [5.41, 5.74) is 1.79. The Bertz CT molecular complexity index is 914. The minimum atomic E-state index is -0.374. The Labute approximate surface area is 160 Å². The van der Waals surface area contributed by atoms with Gasteiger partial charge >= 0.3 is 0 Å². The van der Waals surface area contributed by atoms with Crippen LogP contribution in [0.2, 0.25) is 10.0 Å². The molecule has 1 aromatic carbocycles. The van der Waals surface area contributed by atoms with Crippen LogP contribution in [-0.2, 0) is 6.54 Å². The molecule has 3 aromatic rings. The van der Waals surface area contributed by atoms with E-state index in [-0.39, 0.29) is 11.6 Å². The first-order valence-corrected chi connectivity index (χ1v) is 8.51. The lowest BCUT2D eigenvalue weighted by atomic mass is 10.2. The van der Waals surface area contributed by atoms with Crippen LogP contribution in [0.3, 0.4) is 0 Å². The summed E-state index contributed by atoms with van der Waals surface area (Å²) < 4.78 is 0. The predicted octanol–water partition coefficient (Wildman–Crippen LogP) is 4.35. The summed E-state index contributed by atoms with van der Waals surface area (Å²) in [4.78, 5) is 25.0. The second kappa shape index (κ2) is 8.12. The normalized spacial score (nSPS) is 10.4. The molecule has 0 saturated heterocycles. The van der Waals surface area contributed by atoms with Crippen molar-refractivity contribution in [1.82, 2.24) is 15.0 Å². The van der Waals surface area contributed by atoms with Crippen molar-refractivity contribution in [2.45, 2.75) is 13.5 Å². The van der Waals surface area contributed by atoms with E-state index in [1.54, 1.807) is 43.6 Å². The third kappa shape index (κ3) is 4.91. The molecule has 8 heteroatoms. The number of anilines is 2. The molecule has 26 heavy (non-hydrogen) atoms. The van der Waals surface area contributed by atoms with Crippen molar-refractivity contribution in [3.63, 3.8) is 0 Å². The number of rotatable bonds is 5. The van der Waals surface area contributed by atoms with Gasteiger partial charge in [0.05, 0.1) is 0 Å². The number of carbonyl (C=O) groups is 1. The Kier molecular flexibility index (Phi) is 5.65. The van der Waals surface area contributed by atoms with E-state index in [0.717, 1.165) is 5.56 Å². The van der Waals surface area contributed by atoms with Crippen molar-refractivity contribution >= 4 is 40.6 Å². The standard InChI is InChI=1S/C18H15Cl2N5O/c1-11-23-16(18(26)25-15-7-13(19)6-14(20)8-15)9-17(24-11)22-10-12-2-4-21-5-3-12/h2-9H,10H2,1H3,(H,25,26)(H,22,23,24). The fourth-order valence-electron chi connectivity index (χ4n) is 2.29. The number of hydrogen-bond donors (Lipinski definition) is 2. The zero-order valence-electron chi connectivity index (χ0n) is 13.8. The van der Waals surface area contributed by atoms with Crippen LogP contribution >= 0.6 is 23.2 Å². The molecular formula is C18H15Cl2N5O. The summed E-state index contributed by atoms with van der Waals surface area (Å²) in [6.07, 6.45) is 3.44. The van der Waals surface area contributed by atoms with Crippen molar-refractivity contribution in [3.8, 4) is 0 Å². The van der Waals surface area contributed by atoms with Crippen molar-refractivity contribution in [2.24, 2.45) is 0 Å². The SMILES string of the molecule is Cc1nc(NCc2ccncc2)cc(C(=O)Nc2cc(Cl)cc(Cl)c2)n1. The largest absolute Gasteiger partial charge is 0.366 e. The Hall–Kier alpha value is -2.70. The molecule has 0 atom stereocenters. The highest BCUT2D eigenvalue weighted by Gasteiger charge is 2.12. The van der Waals surface area contributed by atoms with Gasteiger partial charge in [0.25, 0.3) is 5.91 Å². The lowest BCUT2D eigenvalue weighted by Gasteiger charge is -2.10. The third-order valence-corrected chi connectivity index (χ3v) is 3.85. The molecule has 0 spiro atoms. The number of benzene rings is 1. The summed E-state index contributed by atoms with van der Waals surface area (Å²) in [7, 11) is 0. The van der Waals surface area contributed by atoms with Crippen LogP contribution in [0.15, 0.2) is 48.8 Å². The number of pyridine rings is 1. The molecule has 0 aliphatic heterocycles. The van der Waals surface area contributed by atoms with Gasteiger partial charge in [-0.3, -0.25) is 9.78 Å². The molecule has 0 unspecified atom stereocenters. The average Bonchev–Trinajstić information content (AvgIpc) is 2.59. The predicted molar refractivity (Wildman–Crippen MR) is 103 cm³/mol. The number of hydrogen-bond acceptors (Lipinski definition) is 5. The van der Waals surface area contributed by atoms with Crippen LogP contribution < -0.4 is 10.6 Å². The second-order valence-corrected chi connectivity index (χ2v) is 6.38. The maximum Gasteiger partial charge on any atom is 0.274 e. The van der Waals surface area contributed by atoms with E-state index in [1.807, 2.05) is 12.1 Å². The van der Waals surface area contributed by atoms with Gasteiger partial charge in [-0.05, 0) is 42.8 Å². The third-order valence-electron chi connectivity index (χ3n) is 3.41. The van der Waals surface area contributed by atoms with Crippen LogP contribution in [0.4, 0.5) is 11.5 Å². The maximum atomic E-state index is 12.5. The number of carbonyl (C=O) groups excluding carboxylic acids is 1. The zero-order valence-corrected chi connectivity index (χ0v) is 15.3. The van der Waals surface area contributed by atoms with Crippen LogP contribution in [0.5, 0.6) is 0 Å². The van der Waals surface area contributed by atoms with Gasteiger partial charge in [0.1, 0.15) is 17.3 Å². The first-order valence-electron chi connectivity index (χ1n) is 7.75. The van der Waals surface area contributed by atoms with Gasteiger partial charge in [0, 0.05) is 40.7 Å². The molecule has 3 rings (SSSR count). The van der Waals surface area contributed by atoms with Gasteiger partial charge in [-0.25, -0.2) is 9.97 Å². The Balaban J connectivity index is 1.74. The van der Waals surface area contributed by atoms with E-state index in [4.69, 9.17) is 23.2 Å². The summed E-state index contributed by atoms with van der Waals surface area (Å²) in [6, 6.07) is 10.2. The van der Waals surface area contributed by atoms with Crippen LogP contribution in [-0.4, -0.2) is 20.9 Å². The molecule has 0 fully saturated rings. The van der Waals surface area contributed by atoms with E-state index in [0.29, 0.717) is 33.9 Å². The molecule has 0 bridgehead atoms. The molecule has 1 amide bonds. The molecule has 2 aromatic heterocycles. The molecule has 2 N–H and O–H groups in total. The molecule has 0 radical (unpaired) electrons. The number of nitrogens with zero attached hydrogens (tertiary/aromatic N) is 3. The van der Waals surface area contributed by atoms with Crippen molar-refractivity contribution in [3.05, 3.63) is 75.9 Å². The lowest BCUT2D eigenvalue weighted by molar-refractivity contribution is 0.102. The monoisotopic (exact) mass is 387 g/mol. The van der Waals surface area contributed by atoms with E-state index in [9.17, 15) is 4.79 Å². The number of nitrogens with one attached hydrogen (secondary N) is 2. The topological polar surface area (TPSA) is 79.8 Å². The number of amides is 1. The minimum absolute atomic E-state index is 0.242. The van der Waals surface area contributed by atoms with E-state index < -0.39 is 0 Å². The number of aryl methyl sites for hydroxylation is 1. The smallest absolute Gasteiger partial charge is 0.274 e. The molecule has 6 nitrogen and oxygen atoms in total. The van der Waals surface area contributed by atoms with Crippen molar-refractivity contribution in [1.29, 1.82) is 0 Å². The Morgan fingerprint density at radius 3 is 2.42 bits per heavy atom. The maximum absolute atomic E-state index is 12.5. The molecule has 0 saturated carbocycles. The van der Waals surface area contributed by atoms with Gasteiger partial charge in [0.15, 0.2) is 0 Å². The van der Waals surface area contributed by atoms with Crippen molar-refractivity contribution in [2.75, 3.05) is 10.6 Å². The number of halogens is 2. The molecular weight excluding hydrogens is 373 g/mol. The highest BCUT2D eigenvalue weighted by atomic mass is 35.5. The summed E-state index contributed by atoms with van der Waals surface area (Å²) in [6.45, 7) is 2.29. The van der Waals surface area contributed by atoms with Gasteiger partial charge in [-0.2, -0.15) is 0 Å². The highest BCUT2D eigenvalue weighted by Crippen LogP contribution is 2.23. The fourth-order valence-corrected chi connectivity index (χ4v) is 2.82. The van der Waals surface area contributed by atoms with Gasteiger partial charge in [-0.15, -0.1) is 0 Å². The van der Waals surface area contributed by atoms with E-state index in [2.05, 4.69) is 25.6 Å². The first-order chi connectivity index (χ1) is 12.5. The van der Waals surface area contributed by atoms with Gasteiger partial charge in [0.2, 0.25) is 0 Å². The fraction of sp³-hybridized carbons (Fsp3) is 0.111. The summed E-state index contributed by atoms with van der Waals surface area (Å²) in [5.74, 6) is 0.670. The van der Waals surface area contributed by atoms with Crippen LogP contribution in [0.25, 0.3) is 0 Å². The average molecular weight is 388 g/mol. The zero-order chi connectivity index (χ0) is 18.5. The van der Waals surface area contributed by atoms with Crippen LogP contribution in [0, 0.1) is 6.92 Å². The van der Waals surface area contributed by atoms with E-state index in [1.165, 1.54) is 0 Å². The molecule has 132 valence electrons. The van der Waals surface area contributed by atoms with Gasteiger partial charge < -0.3 is 10.6 Å². The summed E-state index contributed by atoms with van der Waals surface area (Å²) in [5, 5.41) is 6.78. The highest BCUT2D eigenvalue weighted by molar-refractivity contribution is 6.35. The first kappa shape index (κ1) is 18.1. The quantitative estimate of drug-likeness (QED) is 0.679. The van der Waals surface area contributed by atoms with E-state index >= 15 is 0 Å². The Morgan fingerprint density at radius 1 is 1.04 bits per heavy atom. The summed E-state index contributed by atoms with van der Waals surface area (Å²) >= 11 is 11.9.